The van der Waals surface area contributed by atoms with Crippen molar-refractivity contribution in [1.29, 1.82) is 0 Å². The van der Waals surface area contributed by atoms with Crippen molar-refractivity contribution in [2.45, 2.75) is 12.5 Å². The fraction of sp³-hybridized carbons (Fsp3) is 0.364. The first-order valence-electron chi connectivity index (χ1n) is 4.98. The van der Waals surface area contributed by atoms with Gasteiger partial charge in [-0.25, -0.2) is 0 Å². The molecule has 86 valence electrons. The van der Waals surface area contributed by atoms with Gasteiger partial charge in [-0.1, -0.05) is 0 Å². The van der Waals surface area contributed by atoms with Crippen LogP contribution in [0.25, 0.3) is 0 Å². The van der Waals surface area contributed by atoms with Crippen LogP contribution in [0.3, 0.4) is 0 Å². The molecule has 5 heteroatoms. The van der Waals surface area contributed by atoms with Crippen LogP contribution in [0.5, 0.6) is 5.75 Å². The number of methoxy groups -OCH3 is 1. The zero-order valence-corrected chi connectivity index (χ0v) is 10.1. The largest absolute Gasteiger partial charge is 0.495 e. The second-order valence-electron chi connectivity index (χ2n) is 3.55. The van der Waals surface area contributed by atoms with E-state index in [2.05, 4.69) is 5.10 Å². The summed E-state index contributed by atoms with van der Waals surface area (Å²) >= 11 is 1.50. The Labute approximate surface area is 98.1 Å². The maximum atomic E-state index is 10.1. The number of ether oxygens (including phenoxy) is 1. The summed E-state index contributed by atoms with van der Waals surface area (Å²) in [6.07, 6.45) is 1.83. The third-order valence-corrected chi connectivity index (χ3v) is 3.35. The molecule has 0 spiro atoms. The highest BCUT2D eigenvalue weighted by atomic mass is 32.1. The molecule has 0 aliphatic rings. The van der Waals surface area contributed by atoms with Gasteiger partial charge in [0.1, 0.15) is 5.75 Å². The second-order valence-corrected chi connectivity index (χ2v) is 4.50. The smallest absolute Gasteiger partial charge is 0.135 e. The first kappa shape index (κ1) is 11.2. The van der Waals surface area contributed by atoms with Crippen molar-refractivity contribution < 1.29 is 9.84 Å². The lowest BCUT2D eigenvalue weighted by Crippen LogP contribution is -2.02. The summed E-state index contributed by atoms with van der Waals surface area (Å²) in [4.78, 5) is 0.855. The van der Waals surface area contributed by atoms with Crippen molar-refractivity contribution in [3.05, 3.63) is 34.3 Å². The molecule has 0 aromatic carbocycles. The van der Waals surface area contributed by atoms with Crippen molar-refractivity contribution in [2.24, 2.45) is 7.05 Å². The summed E-state index contributed by atoms with van der Waals surface area (Å²) in [6.45, 7) is 0. The highest BCUT2D eigenvalue weighted by molar-refractivity contribution is 7.10. The Balaban J connectivity index is 2.11. The molecule has 2 heterocycles. The predicted octanol–water partition coefficient (Wildman–Crippen LogP) is 1.77. The van der Waals surface area contributed by atoms with Crippen LogP contribution in [0.2, 0.25) is 0 Å². The van der Waals surface area contributed by atoms with Gasteiger partial charge < -0.3 is 9.84 Å². The van der Waals surface area contributed by atoms with Crippen LogP contribution in [0.1, 0.15) is 16.7 Å². The van der Waals surface area contributed by atoms with Gasteiger partial charge in [-0.3, -0.25) is 4.68 Å². The number of hydrogen-bond acceptors (Lipinski definition) is 4. The normalized spacial score (nSPS) is 12.7. The molecular weight excluding hydrogens is 224 g/mol. The van der Waals surface area contributed by atoms with Crippen molar-refractivity contribution in [1.82, 2.24) is 9.78 Å². The van der Waals surface area contributed by atoms with Gasteiger partial charge in [0, 0.05) is 19.7 Å². The van der Waals surface area contributed by atoms with Crippen molar-refractivity contribution in [2.75, 3.05) is 7.11 Å². The van der Waals surface area contributed by atoms with Crippen LogP contribution in [0, 0.1) is 0 Å². The Bertz CT molecular complexity index is 464. The molecule has 2 rings (SSSR count). The molecule has 0 bridgehead atoms. The Morgan fingerprint density at radius 3 is 3.00 bits per heavy atom. The third kappa shape index (κ3) is 2.25. The molecule has 1 unspecified atom stereocenters. The molecule has 16 heavy (non-hydrogen) atoms. The molecule has 2 aromatic heterocycles. The predicted molar refractivity (Wildman–Crippen MR) is 62.7 cm³/mol. The first-order valence-corrected chi connectivity index (χ1v) is 5.86. The molecular formula is C11H14N2O2S. The Morgan fingerprint density at radius 2 is 2.38 bits per heavy atom. The van der Waals surface area contributed by atoms with Gasteiger partial charge in [-0.15, -0.1) is 11.3 Å². The molecule has 0 saturated heterocycles. The van der Waals surface area contributed by atoms with E-state index in [1.165, 1.54) is 11.3 Å². The van der Waals surface area contributed by atoms with Gasteiger partial charge in [0.15, 0.2) is 0 Å². The zero-order chi connectivity index (χ0) is 11.5. The van der Waals surface area contributed by atoms with Crippen LogP contribution < -0.4 is 4.74 Å². The van der Waals surface area contributed by atoms with Crippen molar-refractivity contribution >= 4 is 11.3 Å². The first-order chi connectivity index (χ1) is 7.70. The van der Waals surface area contributed by atoms with E-state index in [9.17, 15) is 5.11 Å². The van der Waals surface area contributed by atoms with E-state index in [0.717, 1.165) is 16.3 Å². The minimum Gasteiger partial charge on any atom is -0.495 e. The number of rotatable bonds is 4. The van der Waals surface area contributed by atoms with E-state index in [-0.39, 0.29) is 0 Å². The van der Waals surface area contributed by atoms with E-state index in [1.807, 2.05) is 30.8 Å². The molecule has 0 amide bonds. The summed E-state index contributed by atoms with van der Waals surface area (Å²) in [5.41, 5.74) is 0.880. The summed E-state index contributed by atoms with van der Waals surface area (Å²) in [7, 11) is 3.47. The lowest BCUT2D eigenvalue weighted by molar-refractivity contribution is 0.177. The number of hydrogen-bond donors (Lipinski definition) is 1. The fourth-order valence-electron chi connectivity index (χ4n) is 1.58. The second kappa shape index (κ2) is 4.67. The fourth-order valence-corrected chi connectivity index (χ4v) is 2.43. The van der Waals surface area contributed by atoms with E-state index in [0.29, 0.717) is 6.42 Å². The van der Waals surface area contributed by atoms with E-state index in [1.54, 1.807) is 11.8 Å². The monoisotopic (exact) mass is 238 g/mol. The number of nitrogens with zero attached hydrogens (tertiary/aromatic N) is 2. The molecule has 1 atom stereocenters. The highest BCUT2D eigenvalue weighted by Gasteiger charge is 2.16. The van der Waals surface area contributed by atoms with E-state index >= 15 is 0 Å². The van der Waals surface area contributed by atoms with Crippen molar-refractivity contribution in [3.63, 3.8) is 0 Å². The van der Waals surface area contributed by atoms with E-state index < -0.39 is 6.10 Å². The van der Waals surface area contributed by atoms with Gasteiger partial charge in [0.2, 0.25) is 0 Å². The Morgan fingerprint density at radius 1 is 1.56 bits per heavy atom. The number of aliphatic hydroxyl groups is 1. The molecule has 0 saturated carbocycles. The number of thiophene rings is 1. The lowest BCUT2D eigenvalue weighted by atomic mass is 10.1. The number of aliphatic hydroxyl groups excluding tert-OH is 1. The van der Waals surface area contributed by atoms with Gasteiger partial charge in [0.25, 0.3) is 0 Å². The Hall–Kier alpha value is -1.33. The lowest BCUT2D eigenvalue weighted by Gasteiger charge is -2.08. The molecule has 0 fully saturated rings. The van der Waals surface area contributed by atoms with Crippen LogP contribution in [0.15, 0.2) is 23.7 Å². The van der Waals surface area contributed by atoms with Crippen LogP contribution in [0.4, 0.5) is 0 Å². The number of aromatic nitrogens is 2. The average molecular weight is 238 g/mol. The molecule has 0 aliphatic heterocycles. The quantitative estimate of drug-likeness (QED) is 0.883. The zero-order valence-electron chi connectivity index (χ0n) is 9.25. The standard InChI is InChI=1S/C11H14N2O2S/c1-13-5-3-8(12-13)7-9(14)11-10(15-2)4-6-16-11/h3-6,9,14H,7H2,1-2H3. The summed E-state index contributed by atoms with van der Waals surface area (Å²) in [5, 5.41) is 16.2. The van der Waals surface area contributed by atoms with Crippen LogP contribution in [-0.4, -0.2) is 22.0 Å². The Kier molecular flexibility index (Phi) is 3.26. The topological polar surface area (TPSA) is 47.3 Å². The van der Waals surface area contributed by atoms with Crippen LogP contribution >= 0.6 is 11.3 Å². The van der Waals surface area contributed by atoms with Crippen LogP contribution in [-0.2, 0) is 13.5 Å². The number of aryl methyl sites for hydroxylation is 1. The van der Waals surface area contributed by atoms with Gasteiger partial charge >= 0.3 is 0 Å². The minimum atomic E-state index is -0.551. The van der Waals surface area contributed by atoms with E-state index in [4.69, 9.17) is 4.74 Å². The maximum Gasteiger partial charge on any atom is 0.135 e. The SMILES string of the molecule is COc1ccsc1C(O)Cc1ccn(C)n1. The summed E-state index contributed by atoms with van der Waals surface area (Å²) < 4.78 is 6.90. The molecule has 1 N–H and O–H groups in total. The third-order valence-electron chi connectivity index (χ3n) is 2.35. The van der Waals surface area contributed by atoms with Gasteiger partial charge in [-0.05, 0) is 17.5 Å². The summed E-state index contributed by atoms with van der Waals surface area (Å²) in [6, 6.07) is 3.77. The maximum absolute atomic E-state index is 10.1. The van der Waals surface area contributed by atoms with Crippen molar-refractivity contribution in [3.8, 4) is 5.75 Å². The minimum absolute atomic E-state index is 0.512. The average Bonchev–Trinajstić information content (AvgIpc) is 2.86. The molecule has 2 aromatic rings. The molecule has 4 nitrogen and oxygen atoms in total. The van der Waals surface area contributed by atoms with Gasteiger partial charge in [0.05, 0.1) is 23.8 Å². The summed E-state index contributed by atoms with van der Waals surface area (Å²) in [5.74, 6) is 0.744. The van der Waals surface area contributed by atoms with Gasteiger partial charge in [-0.2, -0.15) is 5.10 Å². The molecule has 0 radical (unpaired) electrons. The highest BCUT2D eigenvalue weighted by Crippen LogP contribution is 2.32. The molecule has 0 aliphatic carbocycles.